The summed E-state index contributed by atoms with van der Waals surface area (Å²) in [5, 5.41) is 0.934. The summed E-state index contributed by atoms with van der Waals surface area (Å²) in [6, 6.07) is 5.61. The quantitative estimate of drug-likeness (QED) is 0.755. The van der Waals surface area contributed by atoms with Crippen molar-refractivity contribution in [2.45, 2.75) is 6.92 Å². The van der Waals surface area contributed by atoms with E-state index in [0.29, 0.717) is 4.70 Å². The monoisotopic (exact) mass is 303 g/mol. The van der Waals surface area contributed by atoms with Crippen LogP contribution in [-0.2, 0) is 4.74 Å². The van der Waals surface area contributed by atoms with Crippen LogP contribution in [-0.4, -0.2) is 24.7 Å². The van der Waals surface area contributed by atoms with Crippen molar-refractivity contribution in [3.8, 4) is 5.75 Å². The van der Waals surface area contributed by atoms with Crippen LogP contribution in [0.5, 0.6) is 5.75 Å². The van der Waals surface area contributed by atoms with Crippen molar-refractivity contribution in [2.24, 2.45) is 0 Å². The molecule has 2 aromatic heterocycles. The molecule has 0 bridgehead atoms. The minimum atomic E-state index is -0.601. The van der Waals surface area contributed by atoms with Crippen molar-refractivity contribution < 1.29 is 14.3 Å². The van der Waals surface area contributed by atoms with Gasteiger partial charge in [0.25, 0.3) is 0 Å². The molecule has 0 fully saturated rings. The number of aromatic nitrogens is 1. The number of nitrogens with one attached hydrogen (secondary N) is 1. The first-order valence-corrected chi connectivity index (χ1v) is 7.26. The molecule has 6 heteroatoms. The third-order valence-electron chi connectivity index (χ3n) is 3.20. The van der Waals surface area contributed by atoms with E-state index >= 15 is 0 Å². The van der Waals surface area contributed by atoms with Crippen LogP contribution in [0.1, 0.15) is 17.3 Å². The number of hydrogen-bond acceptors (Lipinski definition) is 5. The van der Waals surface area contributed by atoms with E-state index in [1.807, 2.05) is 18.2 Å². The van der Waals surface area contributed by atoms with E-state index in [4.69, 9.17) is 9.47 Å². The van der Waals surface area contributed by atoms with E-state index in [1.54, 1.807) is 14.0 Å². The van der Waals surface area contributed by atoms with Crippen molar-refractivity contribution in [3.05, 3.63) is 40.2 Å². The number of H-pyrrole nitrogens is 1. The first-order valence-electron chi connectivity index (χ1n) is 6.44. The second kappa shape index (κ2) is 5.21. The van der Waals surface area contributed by atoms with Crippen LogP contribution in [0.15, 0.2) is 29.2 Å². The van der Waals surface area contributed by atoms with Crippen LogP contribution in [0.25, 0.3) is 20.3 Å². The zero-order valence-electron chi connectivity index (χ0n) is 11.6. The Bertz CT molecular complexity index is 894. The normalized spacial score (nSPS) is 11.0. The highest BCUT2D eigenvalue weighted by Crippen LogP contribution is 2.33. The molecule has 0 saturated carbocycles. The number of pyridine rings is 1. The molecule has 2 heterocycles. The highest BCUT2D eigenvalue weighted by molar-refractivity contribution is 7.25. The van der Waals surface area contributed by atoms with E-state index in [1.165, 1.54) is 17.5 Å². The van der Waals surface area contributed by atoms with Gasteiger partial charge < -0.3 is 14.5 Å². The number of thiophene rings is 1. The zero-order chi connectivity index (χ0) is 15.0. The standard InChI is InChI=1S/C15H13NO4S/c1-3-20-15(18)10-7-16-12-9-5-4-8(19-2)6-11(9)21-14(12)13(10)17/h4-7H,3H2,1-2H3,(H,16,17). The number of esters is 1. The summed E-state index contributed by atoms with van der Waals surface area (Å²) >= 11 is 1.34. The molecule has 0 amide bonds. The molecule has 5 nitrogen and oxygen atoms in total. The van der Waals surface area contributed by atoms with E-state index in [9.17, 15) is 9.59 Å². The maximum Gasteiger partial charge on any atom is 0.343 e. The molecule has 0 spiro atoms. The molecule has 1 aromatic carbocycles. The Balaban J connectivity index is 2.26. The van der Waals surface area contributed by atoms with Gasteiger partial charge in [-0.05, 0) is 25.1 Å². The number of ether oxygens (including phenoxy) is 2. The first kappa shape index (κ1) is 13.6. The van der Waals surface area contributed by atoms with Crippen LogP contribution in [0, 0.1) is 0 Å². The Hall–Kier alpha value is -2.34. The van der Waals surface area contributed by atoms with Gasteiger partial charge in [0, 0.05) is 16.3 Å². The lowest BCUT2D eigenvalue weighted by molar-refractivity contribution is 0.0524. The maximum atomic E-state index is 12.4. The summed E-state index contributed by atoms with van der Waals surface area (Å²) in [6.45, 7) is 1.94. The fraction of sp³-hybridized carbons (Fsp3) is 0.200. The Morgan fingerprint density at radius 1 is 1.38 bits per heavy atom. The molecule has 3 rings (SSSR count). The summed E-state index contributed by atoms with van der Waals surface area (Å²) in [6.07, 6.45) is 1.42. The third-order valence-corrected chi connectivity index (χ3v) is 4.36. The predicted molar refractivity (Wildman–Crippen MR) is 82.5 cm³/mol. The number of aromatic amines is 1. The highest BCUT2D eigenvalue weighted by atomic mass is 32.1. The lowest BCUT2D eigenvalue weighted by Gasteiger charge is -2.01. The average Bonchev–Trinajstić information content (AvgIpc) is 2.86. The molecule has 3 aromatic rings. The van der Waals surface area contributed by atoms with E-state index in [-0.39, 0.29) is 17.6 Å². The fourth-order valence-corrected chi connectivity index (χ4v) is 3.35. The molecule has 21 heavy (non-hydrogen) atoms. The highest BCUT2D eigenvalue weighted by Gasteiger charge is 2.17. The topological polar surface area (TPSA) is 68.4 Å². The van der Waals surface area contributed by atoms with Crippen LogP contribution in [0.3, 0.4) is 0 Å². The SMILES string of the molecule is CCOC(=O)c1c[nH]c2c(sc3cc(OC)ccc32)c1=O. The zero-order valence-corrected chi connectivity index (χ0v) is 12.4. The molecule has 0 saturated heterocycles. The summed E-state index contributed by atoms with van der Waals surface area (Å²) in [7, 11) is 1.60. The van der Waals surface area contributed by atoms with Gasteiger partial charge in [-0.2, -0.15) is 0 Å². The minimum absolute atomic E-state index is 0.0304. The number of carbonyl (C=O) groups excluding carboxylic acids is 1. The minimum Gasteiger partial charge on any atom is -0.497 e. The Morgan fingerprint density at radius 2 is 2.19 bits per heavy atom. The van der Waals surface area contributed by atoms with Crippen molar-refractivity contribution in [3.63, 3.8) is 0 Å². The fourth-order valence-electron chi connectivity index (χ4n) is 2.20. The number of methoxy groups -OCH3 is 1. The first-order chi connectivity index (χ1) is 10.2. The molecular weight excluding hydrogens is 290 g/mol. The lowest BCUT2D eigenvalue weighted by Crippen LogP contribution is -2.17. The number of fused-ring (bicyclic) bond motifs is 3. The van der Waals surface area contributed by atoms with Gasteiger partial charge in [-0.15, -0.1) is 11.3 Å². The van der Waals surface area contributed by atoms with Crippen LogP contribution < -0.4 is 10.2 Å². The van der Waals surface area contributed by atoms with Crippen LogP contribution in [0.2, 0.25) is 0 Å². The van der Waals surface area contributed by atoms with Crippen molar-refractivity contribution in [1.29, 1.82) is 0 Å². The number of hydrogen-bond donors (Lipinski definition) is 1. The molecular formula is C15H13NO4S. The molecule has 0 atom stereocenters. The summed E-state index contributed by atoms with van der Waals surface area (Å²) in [5.41, 5.74) is 0.459. The van der Waals surface area contributed by atoms with Gasteiger partial charge in [0.05, 0.1) is 19.2 Å². The summed E-state index contributed by atoms with van der Waals surface area (Å²) in [5.74, 6) is 0.128. The van der Waals surface area contributed by atoms with E-state index < -0.39 is 5.97 Å². The Labute approximate surface area is 124 Å². The van der Waals surface area contributed by atoms with Gasteiger partial charge in [-0.1, -0.05) is 0 Å². The summed E-state index contributed by atoms with van der Waals surface area (Å²) in [4.78, 5) is 27.2. The molecule has 1 N–H and O–H groups in total. The Morgan fingerprint density at radius 3 is 2.90 bits per heavy atom. The van der Waals surface area contributed by atoms with Gasteiger partial charge in [0.15, 0.2) is 0 Å². The van der Waals surface area contributed by atoms with Gasteiger partial charge >= 0.3 is 5.97 Å². The molecule has 0 aliphatic carbocycles. The molecule has 108 valence electrons. The third kappa shape index (κ3) is 2.17. The van der Waals surface area contributed by atoms with Crippen molar-refractivity contribution >= 4 is 37.6 Å². The van der Waals surface area contributed by atoms with Crippen LogP contribution in [0.4, 0.5) is 0 Å². The lowest BCUT2D eigenvalue weighted by atomic mass is 10.2. The smallest absolute Gasteiger partial charge is 0.343 e. The van der Waals surface area contributed by atoms with Gasteiger partial charge in [-0.25, -0.2) is 4.79 Å². The second-order valence-electron chi connectivity index (χ2n) is 4.42. The van der Waals surface area contributed by atoms with Crippen molar-refractivity contribution in [2.75, 3.05) is 13.7 Å². The van der Waals surface area contributed by atoms with Crippen molar-refractivity contribution in [1.82, 2.24) is 4.98 Å². The molecule has 0 radical (unpaired) electrons. The molecule has 0 aliphatic rings. The van der Waals surface area contributed by atoms with E-state index in [2.05, 4.69) is 4.98 Å². The number of benzene rings is 1. The predicted octanol–water partition coefficient (Wildman–Crippen LogP) is 2.93. The second-order valence-corrected chi connectivity index (χ2v) is 5.47. The molecule has 0 aliphatic heterocycles. The van der Waals surface area contributed by atoms with E-state index in [0.717, 1.165) is 21.4 Å². The number of carbonyl (C=O) groups is 1. The maximum absolute atomic E-state index is 12.4. The van der Waals surface area contributed by atoms with Gasteiger partial charge in [0.2, 0.25) is 5.43 Å². The summed E-state index contributed by atoms with van der Waals surface area (Å²) < 4.78 is 11.5. The average molecular weight is 303 g/mol. The van der Waals surface area contributed by atoms with Gasteiger partial charge in [0.1, 0.15) is 16.0 Å². The van der Waals surface area contributed by atoms with Crippen LogP contribution >= 0.6 is 11.3 Å². The molecule has 0 unspecified atom stereocenters. The Kier molecular flexibility index (Phi) is 3.39. The largest absolute Gasteiger partial charge is 0.497 e. The number of rotatable bonds is 3. The van der Waals surface area contributed by atoms with Gasteiger partial charge in [-0.3, -0.25) is 4.79 Å².